The third-order valence-corrected chi connectivity index (χ3v) is 3.20. The zero-order valence-corrected chi connectivity index (χ0v) is 11.7. The standard InChI is InChI=1S/C15H16N2O4/c1-9-5-12(3-4-15(9)17(20)21)16-10(2)11-6-13(18)8-14(19)7-11/h3-8,10,16,18-19H,1-2H3. The Morgan fingerprint density at radius 2 is 1.76 bits per heavy atom. The fraction of sp³-hybridized carbons (Fsp3) is 0.200. The number of phenols is 2. The number of nitrogens with zero attached hydrogens (tertiary/aromatic N) is 1. The predicted molar refractivity (Wildman–Crippen MR) is 79.6 cm³/mol. The molecule has 0 spiro atoms. The van der Waals surface area contributed by atoms with Gasteiger partial charge in [-0.05, 0) is 43.7 Å². The Balaban J connectivity index is 2.21. The average molecular weight is 288 g/mol. The molecule has 0 aliphatic rings. The lowest BCUT2D eigenvalue weighted by Crippen LogP contribution is -2.07. The summed E-state index contributed by atoms with van der Waals surface area (Å²) in [6.07, 6.45) is 0. The number of hydrogen-bond acceptors (Lipinski definition) is 5. The minimum Gasteiger partial charge on any atom is -0.508 e. The highest BCUT2D eigenvalue weighted by Gasteiger charge is 2.12. The first-order chi connectivity index (χ1) is 9.86. The van der Waals surface area contributed by atoms with Crippen molar-refractivity contribution in [1.29, 1.82) is 0 Å². The number of hydrogen-bond donors (Lipinski definition) is 3. The fourth-order valence-corrected chi connectivity index (χ4v) is 2.15. The van der Waals surface area contributed by atoms with Gasteiger partial charge in [0.25, 0.3) is 5.69 Å². The van der Waals surface area contributed by atoms with Gasteiger partial charge in [0.1, 0.15) is 11.5 Å². The van der Waals surface area contributed by atoms with Crippen molar-refractivity contribution in [2.24, 2.45) is 0 Å². The van der Waals surface area contributed by atoms with Crippen LogP contribution < -0.4 is 5.32 Å². The summed E-state index contributed by atoms with van der Waals surface area (Å²) in [5, 5.41) is 32.9. The lowest BCUT2D eigenvalue weighted by atomic mass is 10.1. The van der Waals surface area contributed by atoms with E-state index in [2.05, 4.69) is 5.32 Å². The fourth-order valence-electron chi connectivity index (χ4n) is 2.15. The molecule has 1 atom stereocenters. The third-order valence-electron chi connectivity index (χ3n) is 3.20. The Hall–Kier alpha value is -2.76. The lowest BCUT2D eigenvalue weighted by molar-refractivity contribution is -0.385. The summed E-state index contributed by atoms with van der Waals surface area (Å²) in [5.41, 5.74) is 2.08. The summed E-state index contributed by atoms with van der Waals surface area (Å²) < 4.78 is 0. The van der Waals surface area contributed by atoms with Crippen LogP contribution in [0.1, 0.15) is 24.1 Å². The van der Waals surface area contributed by atoms with E-state index < -0.39 is 4.92 Å². The van der Waals surface area contributed by atoms with Crippen LogP contribution in [0.15, 0.2) is 36.4 Å². The number of rotatable bonds is 4. The minimum atomic E-state index is -0.421. The van der Waals surface area contributed by atoms with Crippen LogP contribution in [0.4, 0.5) is 11.4 Å². The van der Waals surface area contributed by atoms with Gasteiger partial charge in [0.05, 0.1) is 4.92 Å². The number of aryl methyl sites for hydroxylation is 1. The van der Waals surface area contributed by atoms with E-state index in [9.17, 15) is 20.3 Å². The summed E-state index contributed by atoms with van der Waals surface area (Å²) in [6, 6.07) is 8.95. The smallest absolute Gasteiger partial charge is 0.272 e. The van der Waals surface area contributed by atoms with Crippen molar-refractivity contribution in [3.05, 3.63) is 57.6 Å². The first kappa shape index (κ1) is 14.6. The molecule has 6 nitrogen and oxygen atoms in total. The maximum atomic E-state index is 10.8. The molecular weight excluding hydrogens is 272 g/mol. The number of phenolic OH excluding ortho intramolecular Hbond substituents is 2. The van der Waals surface area contributed by atoms with Crippen LogP contribution in [0.25, 0.3) is 0 Å². The number of anilines is 1. The highest BCUT2D eigenvalue weighted by Crippen LogP contribution is 2.28. The van der Waals surface area contributed by atoms with E-state index >= 15 is 0 Å². The molecule has 0 fully saturated rings. The minimum absolute atomic E-state index is 0.0152. The number of benzene rings is 2. The highest BCUT2D eigenvalue weighted by atomic mass is 16.6. The topological polar surface area (TPSA) is 95.6 Å². The van der Waals surface area contributed by atoms with Crippen molar-refractivity contribution in [3.63, 3.8) is 0 Å². The van der Waals surface area contributed by atoms with Gasteiger partial charge in [-0.15, -0.1) is 0 Å². The number of nitro benzene ring substituents is 1. The van der Waals surface area contributed by atoms with Crippen molar-refractivity contribution in [3.8, 4) is 11.5 Å². The third kappa shape index (κ3) is 3.42. The second kappa shape index (κ2) is 5.70. The van der Waals surface area contributed by atoms with E-state index in [0.717, 1.165) is 5.69 Å². The SMILES string of the molecule is Cc1cc(NC(C)c2cc(O)cc(O)c2)ccc1[N+](=O)[O-]. The Morgan fingerprint density at radius 3 is 2.29 bits per heavy atom. The van der Waals surface area contributed by atoms with Crippen molar-refractivity contribution in [2.75, 3.05) is 5.32 Å². The molecule has 0 heterocycles. The highest BCUT2D eigenvalue weighted by molar-refractivity contribution is 5.55. The van der Waals surface area contributed by atoms with Crippen molar-refractivity contribution < 1.29 is 15.1 Å². The molecular formula is C15H16N2O4. The molecule has 2 aromatic rings. The van der Waals surface area contributed by atoms with Crippen molar-refractivity contribution >= 4 is 11.4 Å². The average Bonchev–Trinajstić information content (AvgIpc) is 2.37. The molecule has 0 bridgehead atoms. The summed E-state index contributed by atoms with van der Waals surface area (Å²) in [6.45, 7) is 3.54. The van der Waals surface area contributed by atoms with Crippen LogP contribution in [0, 0.1) is 17.0 Å². The monoisotopic (exact) mass is 288 g/mol. The van der Waals surface area contributed by atoms with E-state index in [4.69, 9.17) is 0 Å². The van der Waals surface area contributed by atoms with Gasteiger partial charge in [0, 0.05) is 29.4 Å². The van der Waals surface area contributed by atoms with Gasteiger partial charge in [0.2, 0.25) is 0 Å². The zero-order chi connectivity index (χ0) is 15.6. The Kier molecular flexibility index (Phi) is 3.98. The molecule has 2 rings (SSSR count). The molecule has 1 unspecified atom stereocenters. The van der Waals surface area contributed by atoms with Gasteiger partial charge in [-0.2, -0.15) is 0 Å². The van der Waals surface area contributed by atoms with Crippen LogP contribution in [-0.4, -0.2) is 15.1 Å². The molecule has 0 amide bonds. The van der Waals surface area contributed by atoms with Gasteiger partial charge < -0.3 is 15.5 Å². The summed E-state index contributed by atoms with van der Waals surface area (Å²) in [7, 11) is 0. The Morgan fingerprint density at radius 1 is 1.14 bits per heavy atom. The maximum Gasteiger partial charge on any atom is 0.272 e. The van der Waals surface area contributed by atoms with Crippen molar-refractivity contribution in [2.45, 2.75) is 19.9 Å². The quantitative estimate of drug-likeness (QED) is 0.591. The Labute approximate surface area is 121 Å². The molecule has 0 radical (unpaired) electrons. The van der Waals surface area contributed by atoms with E-state index in [0.29, 0.717) is 11.1 Å². The number of nitrogens with one attached hydrogen (secondary N) is 1. The van der Waals surface area contributed by atoms with Crippen LogP contribution in [0.5, 0.6) is 11.5 Å². The van der Waals surface area contributed by atoms with E-state index in [1.165, 1.54) is 12.1 Å². The van der Waals surface area contributed by atoms with E-state index in [-0.39, 0.29) is 23.2 Å². The second-order valence-electron chi connectivity index (χ2n) is 4.91. The molecule has 0 aliphatic carbocycles. The van der Waals surface area contributed by atoms with Gasteiger partial charge in [-0.25, -0.2) is 0 Å². The van der Waals surface area contributed by atoms with Crippen LogP contribution in [0.3, 0.4) is 0 Å². The van der Waals surface area contributed by atoms with Crippen molar-refractivity contribution in [1.82, 2.24) is 0 Å². The normalized spacial score (nSPS) is 11.9. The van der Waals surface area contributed by atoms with Gasteiger partial charge >= 0.3 is 0 Å². The molecule has 0 aromatic heterocycles. The van der Waals surface area contributed by atoms with Gasteiger partial charge in [-0.1, -0.05) is 0 Å². The van der Waals surface area contributed by atoms with Gasteiger partial charge in [0.15, 0.2) is 0 Å². The molecule has 0 saturated heterocycles. The largest absolute Gasteiger partial charge is 0.508 e. The van der Waals surface area contributed by atoms with E-state index in [1.807, 2.05) is 6.92 Å². The summed E-state index contributed by atoms with van der Waals surface area (Å²) >= 11 is 0. The molecule has 3 N–H and O–H groups in total. The predicted octanol–water partition coefficient (Wildman–Crippen LogP) is 3.49. The molecule has 0 saturated carbocycles. The first-order valence-electron chi connectivity index (χ1n) is 6.41. The maximum absolute atomic E-state index is 10.8. The summed E-state index contributed by atoms with van der Waals surface area (Å²) in [4.78, 5) is 10.4. The molecule has 2 aromatic carbocycles. The zero-order valence-electron chi connectivity index (χ0n) is 11.7. The first-order valence-corrected chi connectivity index (χ1v) is 6.41. The number of aromatic hydroxyl groups is 2. The molecule has 21 heavy (non-hydrogen) atoms. The molecule has 6 heteroatoms. The molecule has 0 aliphatic heterocycles. The van der Waals surface area contributed by atoms with Crippen LogP contribution >= 0.6 is 0 Å². The van der Waals surface area contributed by atoms with Crippen LogP contribution in [0.2, 0.25) is 0 Å². The molecule has 110 valence electrons. The van der Waals surface area contributed by atoms with Gasteiger partial charge in [-0.3, -0.25) is 10.1 Å². The lowest BCUT2D eigenvalue weighted by Gasteiger charge is -2.16. The second-order valence-corrected chi connectivity index (χ2v) is 4.91. The number of nitro groups is 1. The summed E-state index contributed by atoms with van der Waals surface area (Å²) in [5.74, 6) is -0.0305. The van der Waals surface area contributed by atoms with E-state index in [1.54, 1.807) is 31.2 Å². The Bertz CT molecular complexity index is 665. The van der Waals surface area contributed by atoms with Crippen LogP contribution in [-0.2, 0) is 0 Å².